The highest BCUT2D eigenvalue weighted by molar-refractivity contribution is 5.84. The summed E-state index contributed by atoms with van der Waals surface area (Å²) in [6.07, 6.45) is 28.4. The average Bonchev–Trinajstić information content (AvgIpc) is 2.63. The monoisotopic (exact) mass is 375 g/mol. The number of carboxylic acids is 1. The summed E-state index contributed by atoms with van der Waals surface area (Å²) in [6, 6.07) is 0. The Balaban J connectivity index is 3.74. The van der Waals surface area contributed by atoms with Crippen molar-refractivity contribution in [3.05, 3.63) is 70.5 Å². The summed E-state index contributed by atoms with van der Waals surface area (Å²) >= 11 is 0. The smallest absolute Gasteiger partial charge is 0.407 e. The normalized spacial score (nSPS) is 12.9. The second-order valence-corrected chi connectivity index (χ2v) is 6.31. The molecule has 0 atom stereocenters. The molecule has 0 aliphatic heterocycles. The first-order valence-electron chi connectivity index (χ1n) is 9.84. The van der Waals surface area contributed by atoms with Crippen LogP contribution in [0.25, 0.3) is 0 Å². The van der Waals surface area contributed by atoms with Crippen molar-refractivity contribution in [2.24, 2.45) is 0 Å². The number of carbonyl (C=O) groups is 1. The molecule has 0 aliphatic rings. The first-order valence-corrected chi connectivity index (χ1v) is 9.84. The number of carboxylic acid groups (broad SMARTS) is 1. The third-order valence-electron chi connectivity index (χ3n) is 3.95. The molecule has 0 spiro atoms. The molecule has 0 aromatic carbocycles. The van der Waals surface area contributed by atoms with Gasteiger partial charge in [0.15, 0.2) is 0 Å². The number of aliphatic carboxylic acids is 1. The largest absolute Gasteiger partial charge is 0.473 e. The first kappa shape index (κ1) is 24.6. The lowest BCUT2D eigenvalue weighted by Crippen LogP contribution is -2.09. The number of rotatable bonds is 16. The van der Waals surface area contributed by atoms with Crippen LogP contribution in [0.1, 0.15) is 71.1 Å². The van der Waals surface area contributed by atoms with Crippen molar-refractivity contribution in [1.82, 2.24) is 0 Å². The molecule has 0 radical (unpaired) electrons. The van der Waals surface area contributed by atoms with Crippen molar-refractivity contribution in [1.29, 1.82) is 0 Å². The first-order chi connectivity index (χ1) is 13.1. The quantitative estimate of drug-likeness (QED) is 0.112. The summed E-state index contributed by atoms with van der Waals surface area (Å²) in [5.41, 5.74) is -0.852. The van der Waals surface area contributed by atoms with Crippen molar-refractivity contribution >= 4 is 5.97 Å². The van der Waals surface area contributed by atoms with Gasteiger partial charge in [-0.2, -0.15) is 0 Å². The molecule has 5 heteroatoms. The van der Waals surface area contributed by atoms with Crippen LogP contribution in [-0.4, -0.2) is 16.0 Å². The number of hydrogen-bond donors (Lipinski definition) is 1. The van der Waals surface area contributed by atoms with E-state index in [9.17, 15) is 14.9 Å². The van der Waals surface area contributed by atoms with E-state index in [4.69, 9.17) is 5.11 Å². The maximum atomic E-state index is 10.6. The fourth-order valence-electron chi connectivity index (χ4n) is 2.43. The SMILES string of the molecule is CCCCCCCCCCCC=CC=CC=CC=CC=C(C(=O)O)[N+](=O)[O-]. The molecule has 1 N–H and O–H groups in total. The molecule has 0 bridgehead atoms. The van der Waals surface area contributed by atoms with Crippen LogP contribution in [0.3, 0.4) is 0 Å². The Morgan fingerprint density at radius 2 is 1.30 bits per heavy atom. The van der Waals surface area contributed by atoms with Gasteiger partial charge in [0.1, 0.15) is 0 Å². The van der Waals surface area contributed by atoms with E-state index < -0.39 is 16.6 Å². The molecule has 27 heavy (non-hydrogen) atoms. The average molecular weight is 376 g/mol. The number of unbranched alkanes of at least 4 members (excludes halogenated alkanes) is 9. The number of allylic oxidation sites excluding steroid dienone is 9. The summed E-state index contributed by atoms with van der Waals surface area (Å²) in [4.78, 5) is 20.1. The zero-order valence-electron chi connectivity index (χ0n) is 16.4. The van der Waals surface area contributed by atoms with Gasteiger partial charge >= 0.3 is 11.7 Å². The standard InChI is InChI=1S/C22H33NO4/c1-2-3-4-5-6-7-8-9-10-11-12-13-14-15-16-17-18-19-20-21(22(24)25)23(26)27/h12-20H,2-11H2,1H3,(H,24,25). The van der Waals surface area contributed by atoms with Gasteiger partial charge in [0, 0.05) is 6.08 Å². The van der Waals surface area contributed by atoms with Crippen LogP contribution in [0, 0.1) is 10.1 Å². The van der Waals surface area contributed by atoms with Gasteiger partial charge in [-0.1, -0.05) is 107 Å². The molecule has 0 amide bonds. The van der Waals surface area contributed by atoms with Gasteiger partial charge in [-0.3, -0.25) is 10.1 Å². The van der Waals surface area contributed by atoms with E-state index in [1.807, 2.05) is 18.2 Å². The lowest BCUT2D eigenvalue weighted by molar-refractivity contribution is -0.420. The second-order valence-electron chi connectivity index (χ2n) is 6.31. The van der Waals surface area contributed by atoms with E-state index >= 15 is 0 Å². The molecule has 0 rings (SSSR count). The maximum Gasteiger partial charge on any atom is 0.407 e. The lowest BCUT2D eigenvalue weighted by atomic mass is 10.1. The summed E-state index contributed by atoms with van der Waals surface area (Å²) in [7, 11) is 0. The minimum Gasteiger partial charge on any atom is -0.473 e. The van der Waals surface area contributed by atoms with E-state index in [0.717, 1.165) is 12.5 Å². The zero-order chi connectivity index (χ0) is 20.2. The van der Waals surface area contributed by atoms with Gasteiger partial charge in [0.25, 0.3) is 0 Å². The van der Waals surface area contributed by atoms with Crippen LogP contribution in [0.15, 0.2) is 60.4 Å². The molecule has 0 aliphatic carbocycles. The highest BCUT2D eigenvalue weighted by Crippen LogP contribution is 2.10. The van der Waals surface area contributed by atoms with Gasteiger partial charge in [-0.15, -0.1) is 0 Å². The molecule has 0 fully saturated rings. The van der Waals surface area contributed by atoms with Crippen LogP contribution in [0.4, 0.5) is 0 Å². The molecule has 0 aromatic heterocycles. The van der Waals surface area contributed by atoms with Crippen LogP contribution >= 0.6 is 0 Å². The second kappa shape index (κ2) is 18.4. The van der Waals surface area contributed by atoms with Crippen LogP contribution in [0.5, 0.6) is 0 Å². The Morgan fingerprint density at radius 1 is 0.815 bits per heavy atom. The lowest BCUT2D eigenvalue weighted by Gasteiger charge is -2.00. The molecule has 5 nitrogen and oxygen atoms in total. The highest BCUT2D eigenvalue weighted by Gasteiger charge is 2.18. The topological polar surface area (TPSA) is 80.4 Å². The Hall–Kier alpha value is -2.43. The molecular weight excluding hydrogens is 342 g/mol. The van der Waals surface area contributed by atoms with Crippen molar-refractivity contribution in [2.75, 3.05) is 0 Å². The molecule has 0 heterocycles. The Bertz CT molecular complexity index is 541. The van der Waals surface area contributed by atoms with Crippen molar-refractivity contribution in [3.63, 3.8) is 0 Å². The Labute approximate surface area is 163 Å². The maximum absolute atomic E-state index is 10.6. The molecule has 0 unspecified atom stereocenters. The van der Waals surface area contributed by atoms with Gasteiger partial charge < -0.3 is 5.11 Å². The molecule has 0 saturated carbocycles. The predicted molar refractivity (Wildman–Crippen MR) is 111 cm³/mol. The number of hydrogen-bond acceptors (Lipinski definition) is 3. The van der Waals surface area contributed by atoms with E-state index in [2.05, 4.69) is 13.0 Å². The van der Waals surface area contributed by atoms with Crippen molar-refractivity contribution in [3.8, 4) is 0 Å². The predicted octanol–water partition coefficient (Wildman–Crippen LogP) is 6.38. The third kappa shape index (κ3) is 16.8. The molecule has 150 valence electrons. The van der Waals surface area contributed by atoms with Crippen LogP contribution in [0.2, 0.25) is 0 Å². The summed E-state index contributed by atoms with van der Waals surface area (Å²) < 4.78 is 0. The zero-order valence-corrected chi connectivity index (χ0v) is 16.4. The van der Waals surface area contributed by atoms with E-state index in [0.29, 0.717) is 0 Å². The van der Waals surface area contributed by atoms with Crippen molar-refractivity contribution in [2.45, 2.75) is 71.1 Å². The van der Waals surface area contributed by atoms with Crippen LogP contribution in [-0.2, 0) is 4.79 Å². The van der Waals surface area contributed by atoms with Crippen molar-refractivity contribution < 1.29 is 14.8 Å². The number of nitro groups is 1. The van der Waals surface area contributed by atoms with Gasteiger partial charge in [-0.25, -0.2) is 4.79 Å². The molecule has 0 saturated heterocycles. The summed E-state index contributed by atoms with van der Waals surface area (Å²) in [5, 5.41) is 19.0. The van der Waals surface area contributed by atoms with E-state index in [1.165, 1.54) is 63.9 Å². The molecular formula is C22H33NO4. The minimum absolute atomic E-state index is 0.852. The Kier molecular flexibility index (Phi) is 16.7. The van der Waals surface area contributed by atoms with Gasteiger partial charge in [0.05, 0.1) is 4.92 Å². The third-order valence-corrected chi connectivity index (χ3v) is 3.95. The minimum atomic E-state index is -1.55. The fraction of sp³-hybridized carbons (Fsp3) is 0.500. The summed E-state index contributed by atoms with van der Waals surface area (Å²) in [5.74, 6) is -1.55. The highest BCUT2D eigenvalue weighted by atomic mass is 16.6. The molecule has 0 aromatic rings. The van der Waals surface area contributed by atoms with Gasteiger partial charge in [0.2, 0.25) is 0 Å². The number of nitrogens with zero attached hydrogens (tertiary/aromatic N) is 1. The Morgan fingerprint density at radius 3 is 1.81 bits per heavy atom. The van der Waals surface area contributed by atoms with Crippen LogP contribution < -0.4 is 0 Å². The van der Waals surface area contributed by atoms with Gasteiger partial charge in [-0.05, 0) is 12.8 Å². The fourth-order valence-corrected chi connectivity index (χ4v) is 2.43. The summed E-state index contributed by atoms with van der Waals surface area (Å²) in [6.45, 7) is 2.24. The van der Waals surface area contributed by atoms with E-state index in [-0.39, 0.29) is 0 Å². The van der Waals surface area contributed by atoms with E-state index in [1.54, 1.807) is 18.2 Å².